The van der Waals surface area contributed by atoms with E-state index in [0.29, 0.717) is 30.6 Å². The Balaban J connectivity index is 1.57. The van der Waals surface area contributed by atoms with Crippen LogP contribution in [0.2, 0.25) is 0 Å². The zero-order valence-electron chi connectivity index (χ0n) is 15.8. The molecule has 1 saturated heterocycles. The summed E-state index contributed by atoms with van der Waals surface area (Å²) >= 11 is 0. The number of halogens is 2. The molecule has 1 aliphatic heterocycles. The standard InChI is InChI=1S/C19H21F2N3O4S/c1-28-18-5-3-2-4-17(18)22-19(25)13-23-8-10-24(11-9-23)29(26,27)14-6-7-15(20)16(21)12-14/h2-7,12H,8-11,13H2,1H3,(H,22,25). The average molecular weight is 425 g/mol. The van der Waals surface area contributed by atoms with E-state index in [-0.39, 0.29) is 30.4 Å². The van der Waals surface area contributed by atoms with Crippen molar-refractivity contribution in [3.05, 3.63) is 54.1 Å². The molecule has 0 bridgehead atoms. The van der Waals surface area contributed by atoms with Crippen LogP contribution in [0.25, 0.3) is 0 Å². The fourth-order valence-corrected chi connectivity index (χ4v) is 4.49. The molecule has 1 amide bonds. The van der Waals surface area contributed by atoms with Crippen LogP contribution in [0.5, 0.6) is 5.75 Å². The van der Waals surface area contributed by atoms with Crippen LogP contribution >= 0.6 is 0 Å². The Morgan fingerprint density at radius 3 is 2.41 bits per heavy atom. The maximum Gasteiger partial charge on any atom is 0.243 e. The highest BCUT2D eigenvalue weighted by molar-refractivity contribution is 7.89. The number of para-hydroxylation sites is 2. The number of carbonyl (C=O) groups excluding carboxylic acids is 1. The molecule has 2 aromatic carbocycles. The molecule has 1 aliphatic rings. The second-order valence-corrected chi connectivity index (χ2v) is 8.44. The summed E-state index contributed by atoms with van der Waals surface area (Å²) in [5.74, 6) is -2.01. The third kappa shape index (κ3) is 4.89. The number of nitrogens with zero attached hydrogens (tertiary/aromatic N) is 2. The summed E-state index contributed by atoms with van der Waals surface area (Å²) in [5, 5.41) is 2.77. The maximum absolute atomic E-state index is 13.4. The minimum Gasteiger partial charge on any atom is -0.495 e. The van der Waals surface area contributed by atoms with E-state index in [1.807, 2.05) is 4.90 Å². The quantitative estimate of drug-likeness (QED) is 0.765. The first-order valence-electron chi connectivity index (χ1n) is 8.91. The number of carbonyl (C=O) groups is 1. The third-order valence-electron chi connectivity index (χ3n) is 4.61. The molecule has 7 nitrogen and oxygen atoms in total. The van der Waals surface area contributed by atoms with Gasteiger partial charge in [-0.25, -0.2) is 17.2 Å². The van der Waals surface area contributed by atoms with Gasteiger partial charge in [-0.05, 0) is 30.3 Å². The van der Waals surface area contributed by atoms with E-state index in [0.717, 1.165) is 12.1 Å². The molecule has 0 aromatic heterocycles. The summed E-state index contributed by atoms with van der Waals surface area (Å²) in [7, 11) is -2.42. The van der Waals surface area contributed by atoms with E-state index < -0.39 is 21.7 Å². The molecule has 1 N–H and O–H groups in total. The predicted molar refractivity (Wildman–Crippen MR) is 103 cm³/mol. The number of sulfonamides is 1. The van der Waals surface area contributed by atoms with Crippen LogP contribution in [0, 0.1) is 11.6 Å². The van der Waals surface area contributed by atoms with Gasteiger partial charge in [-0.15, -0.1) is 0 Å². The van der Waals surface area contributed by atoms with Gasteiger partial charge in [-0.1, -0.05) is 12.1 Å². The number of rotatable bonds is 6. The lowest BCUT2D eigenvalue weighted by molar-refractivity contribution is -0.117. The number of methoxy groups -OCH3 is 1. The third-order valence-corrected chi connectivity index (χ3v) is 6.50. The molecule has 0 spiro atoms. The summed E-state index contributed by atoms with van der Waals surface area (Å²) in [4.78, 5) is 13.8. The number of hydrogen-bond donors (Lipinski definition) is 1. The molecular formula is C19H21F2N3O4S. The molecular weight excluding hydrogens is 404 g/mol. The van der Waals surface area contributed by atoms with E-state index in [2.05, 4.69) is 5.32 Å². The van der Waals surface area contributed by atoms with Crippen molar-refractivity contribution >= 4 is 21.6 Å². The minimum absolute atomic E-state index is 0.0944. The molecule has 3 rings (SSSR count). The highest BCUT2D eigenvalue weighted by atomic mass is 32.2. The Morgan fingerprint density at radius 1 is 1.07 bits per heavy atom. The highest BCUT2D eigenvalue weighted by Gasteiger charge is 2.29. The van der Waals surface area contributed by atoms with Gasteiger partial charge in [-0.2, -0.15) is 4.31 Å². The summed E-state index contributed by atoms with van der Waals surface area (Å²) in [6.45, 7) is 1.05. The smallest absolute Gasteiger partial charge is 0.243 e. The number of hydrogen-bond acceptors (Lipinski definition) is 5. The van der Waals surface area contributed by atoms with Crippen molar-refractivity contribution in [2.24, 2.45) is 0 Å². The van der Waals surface area contributed by atoms with Gasteiger partial charge in [-0.3, -0.25) is 9.69 Å². The number of amides is 1. The number of nitrogens with one attached hydrogen (secondary N) is 1. The van der Waals surface area contributed by atoms with Gasteiger partial charge in [0.2, 0.25) is 15.9 Å². The van der Waals surface area contributed by atoms with Gasteiger partial charge >= 0.3 is 0 Å². The van der Waals surface area contributed by atoms with Crippen molar-refractivity contribution in [1.82, 2.24) is 9.21 Å². The van der Waals surface area contributed by atoms with Gasteiger partial charge in [0.25, 0.3) is 0 Å². The van der Waals surface area contributed by atoms with Crippen molar-refractivity contribution in [1.29, 1.82) is 0 Å². The monoisotopic (exact) mass is 425 g/mol. The molecule has 0 atom stereocenters. The average Bonchev–Trinajstić information content (AvgIpc) is 2.70. The molecule has 10 heteroatoms. The SMILES string of the molecule is COc1ccccc1NC(=O)CN1CCN(S(=O)(=O)c2ccc(F)c(F)c2)CC1. The van der Waals surface area contributed by atoms with Crippen LogP contribution in [-0.4, -0.2) is 63.4 Å². The number of anilines is 1. The van der Waals surface area contributed by atoms with Crippen LogP contribution in [0.15, 0.2) is 47.4 Å². The summed E-state index contributed by atoms with van der Waals surface area (Å²) in [6, 6.07) is 9.54. The van der Waals surface area contributed by atoms with Crippen molar-refractivity contribution < 1.29 is 26.7 Å². The summed E-state index contributed by atoms with van der Waals surface area (Å²) < 4.78 is 58.1. The first-order valence-corrected chi connectivity index (χ1v) is 10.4. The Hall–Kier alpha value is -2.56. The van der Waals surface area contributed by atoms with Gasteiger partial charge in [0.1, 0.15) is 5.75 Å². The van der Waals surface area contributed by atoms with Crippen LogP contribution < -0.4 is 10.1 Å². The Kier molecular flexibility index (Phi) is 6.46. The molecule has 0 aliphatic carbocycles. The molecule has 1 heterocycles. The van der Waals surface area contributed by atoms with Crippen molar-refractivity contribution in [2.75, 3.05) is 45.2 Å². The zero-order valence-corrected chi connectivity index (χ0v) is 16.6. The first kappa shape index (κ1) is 21.2. The Bertz CT molecular complexity index is 993. The lowest BCUT2D eigenvalue weighted by atomic mass is 10.3. The van der Waals surface area contributed by atoms with E-state index in [9.17, 15) is 22.0 Å². The lowest BCUT2D eigenvalue weighted by Gasteiger charge is -2.33. The Labute approximate surface area is 167 Å². The number of benzene rings is 2. The summed E-state index contributed by atoms with van der Waals surface area (Å²) in [6.07, 6.45) is 0. The highest BCUT2D eigenvalue weighted by Crippen LogP contribution is 2.23. The molecule has 0 unspecified atom stereocenters. The minimum atomic E-state index is -3.93. The zero-order chi connectivity index (χ0) is 21.0. The topological polar surface area (TPSA) is 79.0 Å². The van der Waals surface area contributed by atoms with Gasteiger partial charge in [0.15, 0.2) is 11.6 Å². The van der Waals surface area contributed by atoms with Crippen molar-refractivity contribution in [2.45, 2.75) is 4.90 Å². The second kappa shape index (κ2) is 8.85. The van der Waals surface area contributed by atoms with Crippen molar-refractivity contribution in [3.8, 4) is 5.75 Å². The molecule has 0 saturated carbocycles. The molecule has 1 fully saturated rings. The van der Waals surface area contributed by atoms with Gasteiger partial charge in [0.05, 0.1) is 24.2 Å². The lowest BCUT2D eigenvalue weighted by Crippen LogP contribution is -2.50. The van der Waals surface area contributed by atoms with E-state index in [4.69, 9.17) is 4.74 Å². The normalized spacial score (nSPS) is 15.8. The number of piperazine rings is 1. The van der Waals surface area contributed by atoms with Crippen LogP contribution in [0.3, 0.4) is 0 Å². The van der Waals surface area contributed by atoms with Crippen LogP contribution in [0.1, 0.15) is 0 Å². The van der Waals surface area contributed by atoms with Gasteiger partial charge < -0.3 is 10.1 Å². The Morgan fingerprint density at radius 2 is 1.76 bits per heavy atom. The van der Waals surface area contributed by atoms with Crippen LogP contribution in [0.4, 0.5) is 14.5 Å². The second-order valence-electron chi connectivity index (χ2n) is 6.50. The predicted octanol–water partition coefficient (Wildman–Crippen LogP) is 1.92. The van der Waals surface area contributed by atoms with E-state index in [1.54, 1.807) is 24.3 Å². The molecule has 0 radical (unpaired) electrons. The van der Waals surface area contributed by atoms with Gasteiger partial charge in [0, 0.05) is 26.2 Å². The molecule has 2 aromatic rings. The molecule has 29 heavy (non-hydrogen) atoms. The van der Waals surface area contributed by atoms with E-state index in [1.165, 1.54) is 11.4 Å². The van der Waals surface area contributed by atoms with E-state index >= 15 is 0 Å². The van der Waals surface area contributed by atoms with Crippen LogP contribution in [-0.2, 0) is 14.8 Å². The molecule has 156 valence electrons. The first-order chi connectivity index (χ1) is 13.8. The largest absolute Gasteiger partial charge is 0.495 e. The summed E-state index contributed by atoms with van der Waals surface area (Å²) in [5.41, 5.74) is 0.555. The number of ether oxygens (including phenoxy) is 1. The fourth-order valence-electron chi connectivity index (χ4n) is 3.06. The van der Waals surface area contributed by atoms with Crippen molar-refractivity contribution in [3.63, 3.8) is 0 Å². The fraction of sp³-hybridized carbons (Fsp3) is 0.316. The maximum atomic E-state index is 13.4.